The molecular formula is C16H20ClNO3. The number of nitrogens with one attached hydrogen (secondary N) is 1. The van der Waals surface area contributed by atoms with Gasteiger partial charge in [-0.25, -0.2) is 0 Å². The minimum atomic E-state index is -0.808. The number of carbonyl (C=O) groups is 2. The van der Waals surface area contributed by atoms with E-state index >= 15 is 0 Å². The van der Waals surface area contributed by atoms with Crippen LogP contribution >= 0.6 is 11.6 Å². The Morgan fingerprint density at radius 1 is 1.33 bits per heavy atom. The number of hydrogen-bond donors (Lipinski definition) is 2. The van der Waals surface area contributed by atoms with Crippen molar-refractivity contribution in [3.05, 3.63) is 34.9 Å². The highest BCUT2D eigenvalue weighted by molar-refractivity contribution is 6.30. The lowest BCUT2D eigenvalue weighted by molar-refractivity contribution is -0.143. The second kappa shape index (κ2) is 6.48. The summed E-state index contributed by atoms with van der Waals surface area (Å²) in [5.41, 5.74) is 0.443. The van der Waals surface area contributed by atoms with Gasteiger partial charge in [0.25, 0.3) is 0 Å². The Morgan fingerprint density at radius 2 is 1.95 bits per heavy atom. The normalized spacial score (nSPS) is 17.0. The van der Waals surface area contributed by atoms with Crippen molar-refractivity contribution in [2.75, 3.05) is 6.54 Å². The Kier molecular flexibility index (Phi) is 4.88. The van der Waals surface area contributed by atoms with Gasteiger partial charge < -0.3 is 10.4 Å². The van der Waals surface area contributed by atoms with Crippen molar-refractivity contribution < 1.29 is 14.7 Å². The third kappa shape index (κ3) is 4.46. The Hall–Kier alpha value is -1.55. The van der Waals surface area contributed by atoms with Crippen molar-refractivity contribution in [3.63, 3.8) is 0 Å². The van der Waals surface area contributed by atoms with E-state index in [-0.39, 0.29) is 18.4 Å². The SMILES string of the molecule is CC(CC(=O)NCC1(C(=O)O)CC1)Cc1ccc(Cl)cc1. The molecule has 0 spiro atoms. The number of amides is 1. The molecule has 0 heterocycles. The van der Waals surface area contributed by atoms with Crippen LogP contribution in [0.1, 0.15) is 31.7 Å². The van der Waals surface area contributed by atoms with E-state index in [0.29, 0.717) is 24.3 Å². The summed E-state index contributed by atoms with van der Waals surface area (Å²) in [6, 6.07) is 7.60. The molecule has 1 fully saturated rings. The minimum absolute atomic E-state index is 0.0796. The summed E-state index contributed by atoms with van der Waals surface area (Å²) >= 11 is 5.84. The van der Waals surface area contributed by atoms with Crippen LogP contribution in [-0.4, -0.2) is 23.5 Å². The summed E-state index contributed by atoms with van der Waals surface area (Å²) in [5, 5.41) is 12.5. The molecular weight excluding hydrogens is 290 g/mol. The molecule has 1 saturated carbocycles. The van der Waals surface area contributed by atoms with Gasteiger partial charge in [-0.1, -0.05) is 30.7 Å². The summed E-state index contributed by atoms with van der Waals surface area (Å²) in [7, 11) is 0. The van der Waals surface area contributed by atoms with Crippen LogP contribution < -0.4 is 5.32 Å². The number of benzene rings is 1. The van der Waals surface area contributed by atoms with Crippen molar-refractivity contribution in [1.82, 2.24) is 5.32 Å². The minimum Gasteiger partial charge on any atom is -0.481 e. The van der Waals surface area contributed by atoms with Crippen LogP contribution in [0.3, 0.4) is 0 Å². The number of carbonyl (C=O) groups excluding carboxylic acids is 1. The van der Waals surface area contributed by atoms with Crippen molar-refractivity contribution in [2.24, 2.45) is 11.3 Å². The summed E-state index contributed by atoms with van der Waals surface area (Å²) in [6.45, 7) is 2.26. The van der Waals surface area contributed by atoms with Gasteiger partial charge in [0.05, 0.1) is 5.41 Å². The van der Waals surface area contributed by atoms with Crippen LogP contribution in [0.4, 0.5) is 0 Å². The van der Waals surface area contributed by atoms with E-state index in [0.717, 1.165) is 12.0 Å². The van der Waals surface area contributed by atoms with Gasteiger partial charge in [-0.15, -0.1) is 0 Å². The molecule has 0 saturated heterocycles. The monoisotopic (exact) mass is 309 g/mol. The summed E-state index contributed by atoms with van der Waals surface area (Å²) < 4.78 is 0. The molecule has 4 nitrogen and oxygen atoms in total. The highest BCUT2D eigenvalue weighted by Gasteiger charge is 2.50. The first-order valence-electron chi connectivity index (χ1n) is 7.16. The number of carboxylic acid groups (broad SMARTS) is 1. The zero-order valence-electron chi connectivity index (χ0n) is 12.1. The maximum Gasteiger partial charge on any atom is 0.311 e. The molecule has 0 aliphatic heterocycles. The quantitative estimate of drug-likeness (QED) is 0.814. The number of halogens is 1. The molecule has 0 radical (unpaired) electrons. The van der Waals surface area contributed by atoms with Crippen molar-refractivity contribution in [1.29, 1.82) is 0 Å². The molecule has 1 aromatic carbocycles. The van der Waals surface area contributed by atoms with E-state index in [9.17, 15) is 9.59 Å². The lowest BCUT2D eigenvalue weighted by Gasteiger charge is -2.14. The number of aliphatic carboxylic acids is 1. The molecule has 0 aromatic heterocycles. The average molecular weight is 310 g/mol. The topological polar surface area (TPSA) is 66.4 Å². The molecule has 21 heavy (non-hydrogen) atoms. The first-order valence-corrected chi connectivity index (χ1v) is 7.54. The highest BCUT2D eigenvalue weighted by atomic mass is 35.5. The molecule has 0 bridgehead atoms. The maximum absolute atomic E-state index is 11.9. The molecule has 1 aromatic rings. The first-order chi connectivity index (χ1) is 9.91. The van der Waals surface area contributed by atoms with Gasteiger partial charge in [-0.3, -0.25) is 9.59 Å². The van der Waals surface area contributed by atoms with Crippen LogP contribution in [-0.2, 0) is 16.0 Å². The number of carboxylic acids is 1. The summed E-state index contributed by atoms with van der Waals surface area (Å²) in [4.78, 5) is 22.9. The molecule has 2 N–H and O–H groups in total. The fourth-order valence-electron chi connectivity index (χ4n) is 2.37. The number of rotatable bonds is 7. The van der Waals surface area contributed by atoms with Gasteiger partial charge in [-0.2, -0.15) is 0 Å². The first kappa shape index (κ1) is 15.8. The van der Waals surface area contributed by atoms with Crippen LogP contribution in [0, 0.1) is 11.3 Å². The molecule has 1 atom stereocenters. The number of hydrogen-bond acceptors (Lipinski definition) is 2. The van der Waals surface area contributed by atoms with Gasteiger partial charge in [0.1, 0.15) is 0 Å². The maximum atomic E-state index is 11.9. The van der Waals surface area contributed by atoms with E-state index in [1.807, 2.05) is 31.2 Å². The fraction of sp³-hybridized carbons (Fsp3) is 0.500. The Bertz CT molecular complexity index is 523. The molecule has 1 amide bonds. The molecule has 1 aliphatic carbocycles. The Labute approximate surface area is 129 Å². The third-order valence-electron chi connectivity index (χ3n) is 3.96. The molecule has 5 heteroatoms. The standard InChI is InChI=1S/C16H20ClNO3/c1-11(8-12-2-4-13(17)5-3-12)9-14(19)18-10-16(6-7-16)15(20)21/h2-5,11H,6-10H2,1H3,(H,18,19)(H,20,21). The van der Waals surface area contributed by atoms with E-state index in [1.54, 1.807) is 0 Å². The molecule has 2 rings (SSSR count). The zero-order valence-corrected chi connectivity index (χ0v) is 12.8. The van der Waals surface area contributed by atoms with E-state index < -0.39 is 11.4 Å². The molecule has 1 unspecified atom stereocenters. The van der Waals surface area contributed by atoms with Crippen LogP contribution in [0.2, 0.25) is 5.02 Å². The van der Waals surface area contributed by atoms with Crippen molar-refractivity contribution in [3.8, 4) is 0 Å². The van der Waals surface area contributed by atoms with E-state index in [1.165, 1.54) is 0 Å². The van der Waals surface area contributed by atoms with Crippen molar-refractivity contribution >= 4 is 23.5 Å². The predicted octanol–water partition coefficient (Wildman–Crippen LogP) is 2.89. The zero-order chi connectivity index (χ0) is 15.5. The van der Waals surface area contributed by atoms with E-state index in [2.05, 4.69) is 5.32 Å². The second-order valence-electron chi connectivity index (χ2n) is 6.00. The average Bonchev–Trinajstić information content (AvgIpc) is 3.20. The van der Waals surface area contributed by atoms with Crippen LogP contribution in [0.15, 0.2) is 24.3 Å². The van der Waals surface area contributed by atoms with Crippen LogP contribution in [0.25, 0.3) is 0 Å². The Balaban J connectivity index is 1.74. The summed E-state index contributed by atoms with van der Waals surface area (Å²) in [6.07, 6.45) is 2.51. The summed E-state index contributed by atoms with van der Waals surface area (Å²) in [5.74, 6) is -0.688. The predicted molar refractivity (Wildman–Crippen MR) is 81.2 cm³/mol. The van der Waals surface area contributed by atoms with Crippen molar-refractivity contribution in [2.45, 2.75) is 32.6 Å². The molecule has 1 aliphatic rings. The largest absolute Gasteiger partial charge is 0.481 e. The van der Waals surface area contributed by atoms with Gasteiger partial charge in [0.2, 0.25) is 5.91 Å². The highest BCUT2D eigenvalue weighted by Crippen LogP contribution is 2.45. The lowest BCUT2D eigenvalue weighted by Crippen LogP contribution is -2.34. The van der Waals surface area contributed by atoms with Gasteiger partial charge >= 0.3 is 5.97 Å². The Morgan fingerprint density at radius 3 is 2.48 bits per heavy atom. The molecule has 114 valence electrons. The fourth-order valence-corrected chi connectivity index (χ4v) is 2.49. The van der Waals surface area contributed by atoms with Gasteiger partial charge in [-0.05, 0) is 42.9 Å². The third-order valence-corrected chi connectivity index (χ3v) is 4.21. The smallest absolute Gasteiger partial charge is 0.311 e. The lowest BCUT2D eigenvalue weighted by atomic mass is 9.97. The van der Waals surface area contributed by atoms with Gasteiger partial charge in [0, 0.05) is 18.0 Å². The van der Waals surface area contributed by atoms with Gasteiger partial charge in [0.15, 0.2) is 0 Å². The van der Waals surface area contributed by atoms with Crippen LogP contribution in [0.5, 0.6) is 0 Å². The second-order valence-corrected chi connectivity index (χ2v) is 6.44. The van der Waals surface area contributed by atoms with E-state index in [4.69, 9.17) is 16.7 Å².